The Morgan fingerprint density at radius 3 is 2.50 bits per heavy atom. The van der Waals surface area contributed by atoms with Gasteiger partial charge in [0, 0.05) is 26.1 Å². The summed E-state index contributed by atoms with van der Waals surface area (Å²) in [5.41, 5.74) is -0.150. The summed E-state index contributed by atoms with van der Waals surface area (Å²) in [6.45, 7) is 2.26. The zero-order valence-electron chi connectivity index (χ0n) is 14.0. The monoisotopic (exact) mass is 354 g/mol. The first-order chi connectivity index (χ1) is 11.5. The van der Waals surface area contributed by atoms with Gasteiger partial charge < -0.3 is 10.2 Å². The molecule has 1 aliphatic rings. The number of amides is 2. The van der Waals surface area contributed by atoms with Crippen LogP contribution in [0.25, 0.3) is 0 Å². The van der Waals surface area contributed by atoms with Crippen molar-refractivity contribution in [3.05, 3.63) is 34.6 Å². The largest absolute Gasteiger partial charge is 0.350 e. The van der Waals surface area contributed by atoms with E-state index < -0.39 is 11.7 Å². The van der Waals surface area contributed by atoms with E-state index in [1.807, 2.05) is 4.90 Å². The molecule has 132 valence electrons. The molecule has 1 aromatic rings. The average Bonchev–Trinajstić information content (AvgIpc) is 2.80. The molecule has 2 amide bonds. The minimum atomic E-state index is -0.646. The van der Waals surface area contributed by atoms with E-state index in [9.17, 15) is 14.0 Å². The summed E-state index contributed by atoms with van der Waals surface area (Å²) in [7, 11) is 0. The molecule has 0 heterocycles. The highest BCUT2D eigenvalue weighted by Crippen LogP contribution is 2.22. The Labute approximate surface area is 147 Å². The number of nitrogens with zero attached hydrogens (tertiary/aromatic N) is 1. The van der Waals surface area contributed by atoms with Gasteiger partial charge >= 0.3 is 0 Å². The van der Waals surface area contributed by atoms with Gasteiger partial charge in [0.1, 0.15) is 5.82 Å². The van der Waals surface area contributed by atoms with E-state index in [0.717, 1.165) is 25.7 Å². The molecule has 1 aliphatic carbocycles. The van der Waals surface area contributed by atoms with E-state index in [-0.39, 0.29) is 29.1 Å². The van der Waals surface area contributed by atoms with Crippen LogP contribution in [0.15, 0.2) is 18.2 Å². The number of carbonyl (C=O) groups excluding carboxylic acids is 2. The SMILES string of the molecule is CC(=O)N(CCNC(=O)c1c(F)cccc1Cl)C1CCCCCC1. The Bertz CT molecular complexity index is 566. The Morgan fingerprint density at radius 1 is 1.25 bits per heavy atom. The summed E-state index contributed by atoms with van der Waals surface area (Å²) in [6.07, 6.45) is 6.70. The molecular formula is C18H24ClFN2O2. The van der Waals surface area contributed by atoms with Crippen molar-refractivity contribution in [3.8, 4) is 0 Å². The van der Waals surface area contributed by atoms with E-state index in [1.165, 1.54) is 31.0 Å². The molecule has 1 N–H and O–H groups in total. The lowest BCUT2D eigenvalue weighted by molar-refractivity contribution is -0.131. The maximum Gasteiger partial charge on any atom is 0.255 e. The third-order valence-corrected chi connectivity index (χ3v) is 4.81. The predicted octanol–water partition coefficient (Wildman–Crippen LogP) is 3.78. The fourth-order valence-corrected chi connectivity index (χ4v) is 3.51. The Balaban J connectivity index is 1.92. The van der Waals surface area contributed by atoms with E-state index in [4.69, 9.17) is 11.6 Å². The summed E-state index contributed by atoms with van der Waals surface area (Å²) >= 11 is 5.89. The second-order valence-corrected chi connectivity index (χ2v) is 6.62. The third kappa shape index (κ3) is 4.94. The molecule has 4 nitrogen and oxygen atoms in total. The molecule has 0 unspecified atom stereocenters. The van der Waals surface area contributed by atoms with Gasteiger partial charge in [0.05, 0.1) is 10.6 Å². The zero-order valence-corrected chi connectivity index (χ0v) is 14.7. The molecular weight excluding hydrogens is 331 g/mol. The first-order valence-electron chi connectivity index (χ1n) is 8.50. The number of carbonyl (C=O) groups is 2. The summed E-state index contributed by atoms with van der Waals surface area (Å²) in [4.78, 5) is 25.9. The van der Waals surface area contributed by atoms with Gasteiger partial charge in [-0.25, -0.2) is 4.39 Å². The average molecular weight is 355 g/mol. The first kappa shape index (κ1) is 18.7. The Hall–Kier alpha value is -1.62. The molecule has 0 aliphatic heterocycles. The second-order valence-electron chi connectivity index (χ2n) is 6.21. The minimum Gasteiger partial charge on any atom is -0.350 e. The van der Waals surface area contributed by atoms with Crippen molar-refractivity contribution in [2.75, 3.05) is 13.1 Å². The molecule has 0 atom stereocenters. The predicted molar refractivity (Wildman–Crippen MR) is 92.6 cm³/mol. The Morgan fingerprint density at radius 2 is 1.92 bits per heavy atom. The molecule has 1 fully saturated rings. The number of benzene rings is 1. The fourth-order valence-electron chi connectivity index (χ4n) is 3.26. The van der Waals surface area contributed by atoms with Crippen molar-refractivity contribution in [2.24, 2.45) is 0 Å². The van der Waals surface area contributed by atoms with Crippen LogP contribution in [-0.2, 0) is 4.79 Å². The van der Waals surface area contributed by atoms with Gasteiger partial charge in [-0.15, -0.1) is 0 Å². The van der Waals surface area contributed by atoms with Crippen molar-refractivity contribution in [2.45, 2.75) is 51.5 Å². The number of halogens is 2. The topological polar surface area (TPSA) is 49.4 Å². The molecule has 0 aromatic heterocycles. The van der Waals surface area contributed by atoms with Crippen molar-refractivity contribution < 1.29 is 14.0 Å². The lowest BCUT2D eigenvalue weighted by Crippen LogP contribution is -2.43. The standard InChI is InChI=1S/C18H24ClFN2O2/c1-13(23)22(14-7-4-2-3-5-8-14)12-11-21-18(24)17-15(19)9-6-10-16(17)20/h6,9-10,14H,2-5,7-8,11-12H2,1H3,(H,21,24). The van der Waals surface area contributed by atoms with Gasteiger partial charge in [0.15, 0.2) is 0 Å². The lowest BCUT2D eigenvalue weighted by Gasteiger charge is -2.30. The molecule has 24 heavy (non-hydrogen) atoms. The smallest absolute Gasteiger partial charge is 0.255 e. The van der Waals surface area contributed by atoms with Crippen molar-refractivity contribution in [3.63, 3.8) is 0 Å². The van der Waals surface area contributed by atoms with Crippen molar-refractivity contribution in [1.29, 1.82) is 0 Å². The van der Waals surface area contributed by atoms with Gasteiger partial charge in [-0.1, -0.05) is 43.4 Å². The van der Waals surface area contributed by atoms with Crippen molar-refractivity contribution in [1.82, 2.24) is 10.2 Å². The quantitative estimate of drug-likeness (QED) is 0.818. The summed E-state index contributed by atoms with van der Waals surface area (Å²) < 4.78 is 13.7. The maximum absolute atomic E-state index is 13.7. The van der Waals surface area contributed by atoms with Crippen LogP contribution >= 0.6 is 11.6 Å². The van der Waals surface area contributed by atoms with Gasteiger partial charge in [0.2, 0.25) is 5.91 Å². The molecule has 1 aromatic carbocycles. The second kappa shape index (κ2) is 9.02. The van der Waals surface area contributed by atoms with Gasteiger partial charge in [-0.3, -0.25) is 9.59 Å². The Kier molecular flexibility index (Phi) is 7.03. The number of nitrogens with one attached hydrogen (secondary N) is 1. The summed E-state index contributed by atoms with van der Waals surface area (Å²) in [5.74, 6) is -1.19. The number of rotatable bonds is 5. The van der Waals surface area contributed by atoms with E-state index in [1.54, 1.807) is 6.92 Å². The van der Waals surface area contributed by atoms with Gasteiger partial charge in [0.25, 0.3) is 5.91 Å². The van der Waals surface area contributed by atoms with Crippen LogP contribution in [0.5, 0.6) is 0 Å². The minimum absolute atomic E-state index is 0.0140. The molecule has 2 rings (SSSR count). The highest BCUT2D eigenvalue weighted by Gasteiger charge is 2.22. The fraction of sp³-hybridized carbons (Fsp3) is 0.556. The highest BCUT2D eigenvalue weighted by molar-refractivity contribution is 6.33. The van der Waals surface area contributed by atoms with E-state index >= 15 is 0 Å². The van der Waals surface area contributed by atoms with E-state index in [2.05, 4.69) is 5.32 Å². The normalized spacial score (nSPS) is 15.6. The number of hydrogen-bond acceptors (Lipinski definition) is 2. The summed E-state index contributed by atoms with van der Waals surface area (Å²) in [5, 5.41) is 2.75. The van der Waals surface area contributed by atoms with Crippen LogP contribution in [0.3, 0.4) is 0 Å². The molecule has 1 saturated carbocycles. The molecule has 0 bridgehead atoms. The first-order valence-corrected chi connectivity index (χ1v) is 8.88. The molecule has 0 spiro atoms. The van der Waals surface area contributed by atoms with Gasteiger partial charge in [-0.05, 0) is 25.0 Å². The maximum atomic E-state index is 13.7. The third-order valence-electron chi connectivity index (χ3n) is 4.50. The van der Waals surface area contributed by atoms with Crippen molar-refractivity contribution >= 4 is 23.4 Å². The summed E-state index contributed by atoms with van der Waals surface area (Å²) in [6, 6.07) is 4.37. The van der Waals surface area contributed by atoms with Crippen LogP contribution in [-0.4, -0.2) is 35.8 Å². The van der Waals surface area contributed by atoms with Crippen LogP contribution in [0.2, 0.25) is 5.02 Å². The van der Waals surface area contributed by atoms with E-state index in [0.29, 0.717) is 6.54 Å². The van der Waals surface area contributed by atoms with Crippen LogP contribution in [0.1, 0.15) is 55.8 Å². The highest BCUT2D eigenvalue weighted by atomic mass is 35.5. The number of hydrogen-bond donors (Lipinski definition) is 1. The molecule has 0 radical (unpaired) electrons. The van der Waals surface area contributed by atoms with Crippen LogP contribution in [0.4, 0.5) is 4.39 Å². The van der Waals surface area contributed by atoms with Crippen LogP contribution < -0.4 is 5.32 Å². The molecule has 0 saturated heterocycles. The van der Waals surface area contributed by atoms with Crippen LogP contribution in [0, 0.1) is 5.82 Å². The lowest BCUT2D eigenvalue weighted by atomic mass is 10.1. The zero-order chi connectivity index (χ0) is 17.5. The van der Waals surface area contributed by atoms with Gasteiger partial charge in [-0.2, -0.15) is 0 Å². The molecule has 6 heteroatoms.